The van der Waals surface area contributed by atoms with Crippen molar-refractivity contribution in [1.29, 1.82) is 0 Å². The topological polar surface area (TPSA) is 88.1 Å². The maximum absolute atomic E-state index is 12.1. The van der Waals surface area contributed by atoms with Gasteiger partial charge in [-0.25, -0.2) is 4.98 Å². The van der Waals surface area contributed by atoms with Gasteiger partial charge in [0.1, 0.15) is 23.1 Å². The van der Waals surface area contributed by atoms with Gasteiger partial charge in [0, 0.05) is 64.2 Å². The second-order valence-corrected chi connectivity index (χ2v) is 8.69. The first-order valence-electron chi connectivity index (χ1n) is 11.4. The van der Waals surface area contributed by atoms with E-state index in [1.807, 2.05) is 46.9 Å². The predicted octanol–water partition coefficient (Wildman–Crippen LogP) is 2.45. The average molecular weight is 447 g/mol. The van der Waals surface area contributed by atoms with Crippen molar-refractivity contribution in [2.75, 3.05) is 19.8 Å². The molecule has 0 atom stereocenters. The van der Waals surface area contributed by atoms with E-state index in [9.17, 15) is 4.79 Å². The number of fused-ring (bicyclic) bond motifs is 2. The lowest BCUT2D eigenvalue weighted by Gasteiger charge is -2.23. The molecule has 0 radical (unpaired) electrons. The third kappa shape index (κ3) is 3.78. The van der Waals surface area contributed by atoms with E-state index < -0.39 is 0 Å². The first-order valence-corrected chi connectivity index (χ1v) is 11.4. The number of ether oxygens (including phenoxy) is 2. The summed E-state index contributed by atoms with van der Waals surface area (Å²) in [6.45, 7) is 2.82. The summed E-state index contributed by atoms with van der Waals surface area (Å²) in [6, 6.07) is 5.99. The summed E-state index contributed by atoms with van der Waals surface area (Å²) in [5.74, 6) is 1.24. The number of nitrogens with one attached hydrogen (secondary N) is 1. The molecular formula is C24H26N6O3. The Morgan fingerprint density at radius 2 is 2.06 bits per heavy atom. The molecular weight excluding hydrogens is 420 g/mol. The molecule has 0 bridgehead atoms. The molecule has 1 amide bonds. The molecule has 0 aliphatic carbocycles. The first kappa shape index (κ1) is 20.0. The minimum atomic E-state index is -0.0349. The van der Waals surface area contributed by atoms with E-state index in [4.69, 9.17) is 19.4 Å². The van der Waals surface area contributed by atoms with Gasteiger partial charge >= 0.3 is 0 Å². The molecule has 9 nitrogen and oxygen atoms in total. The number of nitrogens with zero attached hydrogens (tertiary/aromatic N) is 5. The van der Waals surface area contributed by atoms with Crippen molar-refractivity contribution >= 4 is 16.9 Å². The number of amides is 1. The SMILES string of the molecule is Cn1ccc(-n2ccc3nc(Cc4cc5n(c4)CCNC5=O)nc(OC4CCOCC4)c32)c1. The van der Waals surface area contributed by atoms with Crippen molar-refractivity contribution in [2.24, 2.45) is 7.05 Å². The maximum Gasteiger partial charge on any atom is 0.267 e. The predicted molar refractivity (Wildman–Crippen MR) is 122 cm³/mol. The van der Waals surface area contributed by atoms with Crippen LogP contribution in [0.4, 0.5) is 0 Å². The Morgan fingerprint density at radius 3 is 2.85 bits per heavy atom. The van der Waals surface area contributed by atoms with Gasteiger partial charge in [0.2, 0.25) is 5.88 Å². The summed E-state index contributed by atoms with van der Waals surface area (Å²) in [5.41, 5.74) is 4.44. The van der Waals surface area contributed by atoms with Crippen LogP contribution in [0.2, 0.25) is 0 Å². The number of hydrogen-bond acceptors (Lipinski definition) is 5. The Balaban J connectivity index is 1.39. The summed E-state index contributed by atoms with van der Waals surface area (Å²) in [6.07, 6.45) is 10.4. The fourth-order valence-electron chi connectivity index (χ4n) is 4.62. The molecule has 4 aromatic rings. The van der Waals surface area contributed by atoms with Crippen LogP contribution in [0.15, 0.2) is 43.0 Å². The third-order valence-corrected chi connectivity index (χ3v) is 6.28. The number of carbonyl (C=O) groups is 1. The molecule has 2 aliphatic heterocycles. The number of hydrogen-bond donors (Lipinski definition) is 1. The van der Waals surface area contributed by atoms with Crippen LogP contribution in [0.25, 0.3) is 16.7 Å². The summed E-state index contributed by atoms with van der Waals surface area (Å²) >= 11 is 0. The van der Waals surface area contributed by atoms with E-state index in [1.165, 1.54) is 0 Å². The summed E-state index contributed by atoms with van der Waals surface area (Å²) in [7, 11) is 2.00. The molecule has 0 spiro atoms. The van der Waals surface area contributed by atoms with Gasteiger partial charge in [0.05, 0.1) is 24.4 Å². The van der Waals surface area contributed by atoms with Crippen molar-refractivity contribution in [3.8, 4) is 11.6 Å². The van der Waals surface area contributed by atoms with E-state index in [1.54, 1.807) is 0 Å². The largest absolute Gasteiger partial charge is 0.473 e. The second-order valence-electron chi connectivity index (χ2n) is 8.69. The molecule has 9 heteroatoms. The van der Waals surface area contributed by atoms with Gasteiger partial charge in [-0.1, -0.05) is 0 Å². The highest BCUT2D eigenvalue weighted by Crippen LogP contribution is 2.30. The first-order chi connectivity index (χ1) is 16.1. The highest BCUT2D eigenvalue weighted by Gasteiger charge is 2.22. The van der Waals surface area contributed by atoms with Gasteiger partial charge in [-0.05, 0) is 23.8 Å². The molecule has 0 saturated carbocycles. The smallest absolute Gasteiger partial charge is 0.267 e. The molecule has 0 unspecified atom stereocenters. The van der Waals surface area contributed by atoms with Gasteiger partial charge in [-0.15, -0.1) is 0 Å². The molecule has 6 rings (SSSR count). The fraction of sp³-hybridized carbons (Fsp3) is 0.375. The minimum absolute atomic E-state index is 0.0349. The van der Waals surface area contributed by atoms with E-state index in [2.05, 4.69) is 22.1 Å². The second kappa shape index (κ2) is 8.08. The van der Waals surface area contributed by atoms with Crippen molar-refractivity contribution in [3.63, 3.8) is 0 Å². The Labute approximate surface area is 191 Å². The normalized spacial score (nSPS) is 16.7. The zero-order chi connectivity index (χ0) is 22.4. The molecule has 2 aliphatic rings. The van der Waals surface area contributed by atoms with E-state index in [-0.39, 0.29) is 12.0 Å². The van der Waals surface area contributed by atoms with Crippen LogP contribution in [0.5, 0.6) is 5.88 Å². The maximum atomic E-state index is 12.1. The Kier molecular flexibility index (Phi) is 4.91. The van der Waals surface area contributed by atoms with Crippen LogP contribution in [0, 0.1) is 0 Å². The van der Waals surface area contributed by atoms with Crippen LogP contribution in [-0.2, 0) is 24.8 Å². The molecule has 170 valence electrons. The lowest BCUT2D eigenvalue weighted by atomic mass is 10.1. The molecule has 33 heavy (non-hydrogen) atoms. The zero-order valence-corrected chi connectivity index (χ0v) is 18.5. The van der Waals surface area contributed by atoms with E-state index >= 15 is 0 Å². The molecule has 1 saturated heterocycles. The lowest BCUT2D eigenvalue weighted by Crippen LogP contribution is -2.34. The number of carbonyl (C=O) groups excluding carboxylic acids is 1. The highest BCUT2D eigenvalue weighted by atomic mass is 16.5. The zero-order valence-electron chi connectivity index (χ0n) is 18.5. The monoisotopic (exact) mass is 446 g/mol. The minimum Gasteiger partial charge on any atom is -0.473 e. The van der Waals surface area contributed by atoms with Gasteiger partial charge in [-0.2, -0.15) is 4.98 Å². The van der Waals surface area contributed by atoms with Gasteiger partial charge in [0.25, 0.3) is 5.91 Å². The van der Waals surface area contributed by atoms with Crippen LogP contribution < -0.4 is 10.1 Å². The fourth-order valence-corrected chi connectivity index (χ4v) is 4.62. The Hall–Kier alpha value is -3.59. The van der Waals surface area contributed by atoms with Crippen LogP contribution in [0.1, 0.15) is 34.7 Å². The van der Waals surface area contributed by atoms with Crippen LogP contribution in [-0.4, -0.2) is 55.4 Å². The van der Waals surface area contributed by atoms with Gasteiger partial charge < -0.3 is 28.5 Å². The van der Waals surface area contributed by atoms with Gasteiger partial charge in [-0.3, -0.25) is 4.79 Å². The molecule has 1 N–H and O–H groups in total. The quantitative estimate of drug-likeness (QED) is 0.509. The summed E-state index contributed by atoms with van der Waals surface area (Å²) in [5, 5.41) is 2.89. The standard InChI is InChI=1S/C24H26N6O3/c1-28-7-2-17(15-28)30-8-3-19-22(30)24(33-18-4-10-32-11-5-18)27-21(26-19)13-16-12-20-23(31)25-6-9-29(20)14-16/h2-3,7-8,12,14-15,18H,4-6,9-11,13H2,1H3,(H,25,31). The van der Waals surface area contributed by atoms with Crippen molar-refractivity contribution < 1.29 is 14.3 Å². The average Bonchev–Trinajstić information content (AvgIpc) is 3.53. The molecule has 0 aromatic carbocycles. The van der Waals surface area contributed by atoms with Crippen molar-refractivity contribution in [3.05, 3.63) is 60.1 Å². The number of rotatable bonds is 5. The molecule has 1 fully saturated rings. The lowest BCUT2D eigenvalue weighted by molar-refractivity contribution is 0.0242. The van der Waals surface area contributed by atoms with E-state index in [0.29, 0.717) is 43.6 Å². The van der Waals surface area contributed by atoms with Crippen molar-refractivity contribution in [2.45, 2.75) is 31.9 Å². The Bertz CT molecular complexity index is 1330. The van der Waals surface area contributed by atoms with E-state index in [0.717, 1.165) is 41.7 Å². The van der Waals surface area contributed by atoms with Crippen LogP contribution >= 0.6 is 0 Å². The summed E-state index contributed by atoms with van der Waals surface area (Å²) < 4.78 is 18.0. The summed E-state index contributed by atoms with van der Waals surface area (Å²) in [4.78, 5) is 21.9. The van der Waals surface area contributed by atoms with Crippen LogP contribution in [0.3, 0.4) is 0 Å². The van der Waals surface area contributed by atoms with Gasteiger partial charge in [0.15, 0.2) is 0 Å². The highest BCUT2D eigenvalue weighted by molar-refractivity contribution is 5.93. The third-order valence-electron chi connectivity index (χ3n) is 6.28. The Morgan fingerprint density at radius 1 is 1.18 bits per heavy atom. The van der Waals surface area contributed by atoms with Crippen molar-refractivity contribution in [1.82, 2.24) is 29.0 Å². The number of aryl methyl sites for hydroxylation is 1. The molecule has 6 heterocycles. The number of aromatic nitrogens is 5. The molecule has 4 aromatic heterocycles.